The van der Waals surface area contributed by atoms with Gasteiger partial charge in [0.2, 0.25) is 21.8 Å². The number of rotatable bonds is 6. The fourth-order valence-electron chi connectivity index (χ4n) is 6.58. The van der Waals surface area contributed by atoms with Crippen molar-refractivity contribution in [2.45, 2.75) is 75.5 Å². The molecule has 2 aliphatic heterocycles. The second kappa shape index (κ2) is 10.2. The lowest BCUT2D eigenvalue weighted by molar-refractivity contribution is -0.125. The molecule has 40 heavy (non-hydrogen) atoms. The van der Waals surface area contributed by atoms with Crippen molar-refractivity contribution >= 4 is 50.7 Å². The van der Waals surface area contributed by atoms with E-state index in [1.165, 1.54) is 6.07 Å². The molecule has 0 radical (unpaired) electrons. The van der Waals surface area contributed by atoms with E-state index in [1.807, 2.05) is 20.8 Å². The number of hydrogen-bond donors (Lipinski definition) is 4. The van der Waals surface area contributed by atoms with E-state index in [9.17, 15) is 18.0 Å². The lowest BCUT2D eigenvalue weighted by Gasteiger charge is -2.38. The molecule has 2 heterocycles. The van der Waals surface area contributed by atoms with Gasteiger partial charge in [0, 0.05) is 34.8 Å². The van der Waals surface area contributed by atoms with Crippen molar-refractivity contribution < 1.29 is 22.4 Å². The summed E-state index contributed by atoms with van der Waals surface area (Å²) in [7, 11) is -3.37. The van der Waals surface area contributed by atoms with Gasteiger partial charge < -0.3 is 16.0 Å². The van der Waals surface area contributed by atoms with E-state index in [0.29, 0.717) is 35.5 Å². The molecule has 4 N–H and O–H groups in total. The highest BCUT2D eigenvalue weighted by atomic mass is 35.5. The van der Waals surface area contributed by atoms with E-state index in [1.54, 1.807) is 30.3 Å². The number of carbonyl (C=O) groups is 2. The molecule has 1 saturated heterocycles. The van der Waals surface area contributed by atoms with Crippen LogP contribution in [0.1, 0.15) is 57.1 Å². The second-order valence-electron chi connectivity index (χ2n) is 12.4. The van der Waals surface area contributed by atoms with Crippen LogP contribution in [0.15, 0.2) is 36.4 Å². The molecule has 2 aromatic rings. The average molecular weight is 612 g/mol. The molecule has 12 heteroatoms. The summed E-state index contributed by atoms with van der Waals surface area (Å²) in [6.07, 6.45) is 2.47. The van der Waals surface area contributed by atoms with Crippen molar-refractivity contribution in [1.82, 2.24) is 15.4 Å². The zero-order valence-corrected chi connectivity index (χ0v) is 25.0. The summed E-state index contributed by atoms with van der Waals surface area (Å²) in [6, 6.07) is 7.71. The van der Waals surface area contributed by atoms with Crippen LogP contribution in [0.4, 0.5) is 10.1 Å². The Morgan fingerprint density at radius 2 is 1.85 bits per heavy atom. The van der Waals surface area contributed by atoms with Crippen LogP contribution in [0.5, 0.6) is 0 Å². The van der Waals surface area contributed by atoms with Crippen LogP contribution < -0.4 is 20.7 Å². The first-order valence-electron chi connectivity index (χ1n) is 13.2. The molecule has 0 unspecified atom stereocenters. The maximum absolute atomic E-state index is 15.8. The van der Waals surface area contributed by atoms with Gasteiger partial charge in [0.25, 0.3) is 0 Å². The molecule has 1 aliphatic carbocycles. The summed E-state index contributed by atoms with van der Waals surface area (Å²) >= 11 is 12.5. The smallest absolute Gasteiger partial charge is 0.238 e. The average Bonchev–Trinajstić information content (AvgIpc) is 3.27. The second-order valence-corrected chi connectivity index (χ2v) is 15.0. The molecule has 2 amide bonds. The third-order valence-corrected chi connectivity index (χ3v) is 9.37. The summed E-state index contributed by atoms with van der Waals surface area (Å²) in [5.74, 6) is -2.35. The third kappa shape index (κ3) is 5.25. The fraction of sp³-hybridized carbons (Fsp3) is 0.500. The van der Waals surface area contributed by atoms with Crippen molar-refractivity contribution in [2.24, 2.45) is 5.41 Å². The van der Waals surface area contributed by atoms with Crippen LogP contribution in [-0.4, -0.2) is 50.7 Å². The van der Waals surface area contributed by atoms with Crippen LogP contribution in [-0.2, 0) is 25.0 Å². The number of hydrogen-bond acceptors (Lipinski definition) is 5. The van der Waals surface area contributed by atoms with Crippen LogP contribution in [0.2, 0.25) is 10.0 Å². The van der Waals surface area contributed by atoms with E-state index in [4.69, 9.17) is 23.2 Å². The molecule has 2 aromatic carbocycles. The summed E-state index contributed by atoms with van der Waals surface area (Å²) in [5.41, 5.74) is -0.244. The van der Waals surface area contributed by atoms with Crippen molar-refractivity contribution in [3.8, 4) is 0 Å². The number of carbonyl (C=O) groups excluding carboxylic acids is 2. The summed E-state index contributed by atoms with van der Waals surface area (Å²) in [4.78, 5) is 28.1. The Morgan fingerprint density at radius 3 is 2.50 bits per heavy atom. The van der Waals surface area contributed by atoms with Gasteiger partial charge in [-0.15, -0.1) is 0 Å². The van der Waals surface area contributed by atoms with Gasteiger partial charge in [-0.3, -0.25) is 9.59 Å². The van der Waals surface area contributed by atoms with E-state index in [2.05, 4.69) is 20.7 Å². The molecule has 3 aliphatic rings. The standard InChI is InChI=1S/C28H33Cl2FN4O4S/c1-27(2,3)13-21-28(18-9-8-14(29)10-20(18)33-26(28)37)22(17-6-5-7-19(30)23(17)31)24(34-21)25(36)32-15-11-16(12-15)35-40(4,38)39/h5-10,15-16,21-22,24,34-35H,11-13H2,1-4H3,(H,32,36)(H,33,37)/t15-,16+,21-,22+,24-,28+/m1/s1. The van der Waals surface area contributed by atoms with Crippen LogP contribution >= 0.6 is 23.2 Å². The first kappa shape index (κ1) is 29.3. The number of fused-ring (bicyclic) bond motifs is 2. The molecule has 8 nitrogen and oxygen atoms in total. The van der Waals surface area contributed by atoms with Gasteiger partial charge in [-0.2, -0.15) is 0 Å². The minimum absolute atomic E-state index is 0.102. The number of sulfonamides is 1. The van der Waals surface area contributed by atoms with Crippen LogP contribution in [0, 0.1) is 11.2 Å². The lowest BCUT2D eigenvalue weighted by Crippen LogP contribution is -2.57. The van der Waals surface area contributed by atoms with Gasteiger partial charge in [0.05, 0.1) is 17.3 Å². The van der Waals surface area contributed by atoms with E-state index >= 15 is 4.39 Å². The molecule has 4 atom stereocenters. The topological polar surface area (TPSA) is 116 Å². The summed E-state index contributed by atoms with van der Waals surface area (Å²) in [6.45, 7) is 6.14. The monoisotopic (exact) mass is 610 g/mol. The minimum Gasteiger partial charge on any atom is -0.352 e. The maximum Gasteiger partial charge on any atom is 0.238 e. The Morgan fingerprint density at radius 1 is 1.15 bits per heavy atom. The fourth-order valence-corrected chi connectivity index (χ4v) is 7.73. The van der Waals surface area contributed by atoms with Gasteiger partial charge in [-0.25, -0.2) is 17.5 Å². The van der Waals surface area contributed by atoms with Crippen LogP contribution in [0.25, 0.3) is 0 Å². The first-order valence-corrected chi connectivity index (χ1v) is 15.8. The summed E-state index contributed by atoms with van der Waals surface area (Å²) in [5, 5.41) is 9.73. The number of benzene rings is 2. The summed E-state index contributed by atoms with van der Waals surface area (Å²) < 4.78 is 41.5. The Kier molecular flexibility index (Phi) is 7.49. The molecular weight excluding hydrogens is 578 g/mol. The van der Waals surface area contributed by atoms with Crippen LogP contribution in [0.3, 0.4) is 0 Å². The van der Waals surface area contributed by atoms with Crippen molar-refractivity contribution in [2.75, 3.05) is 11.6 Å². The Hall–Kier alpha value is -2.24. The Balaban J connectivity index is 1.59. The predicted molar refractivity (Wildman–Crippen MR) is 154 cm³/mol. The molecule has 0 bridgehead atoms. The molecule has 1 saturated carbocycles. The van der Waals surface area contributed by atoms with E-state index in [-0.39, 0.29) is 34.0 Å². The van der Waals surface area contributed by atoms with Gasteiger partial charge >= 0.3 is 0 Å². The number of amides is 2. The normalized spacial score (nSPS) is 29.7. The van der Waals surface area contributed by atoms with Gasteiger partial charge in [-0.1, -0.05) is 62.2 Å². The number of anilines is 1. The largest absolute Gasteiger partial charge is 0.352 e. The number of halogens is 3. The Bertz CT molecular complexity index is 1480. The molecule has 1 spiro atoms. The molecule has 0 aromatic heterocycles. The highest BCUT2D eigenvalue weighted by Crippen LogP contribution is 2.57. The van der Waals surface area contributed by atoms with Gasteiger partial charge in [0.15, 0.2) is 0 Å². The van der Waals surface area contributed by atoms with E-state index in [0.717, 1.165) is 6.26 Å². The first-order chi connectivity index (χ1) is 18.6. The number of nitrogens with one attached hydrogen (secondary N) is 4. The molecule has 216 valence electrons. The highest BCUT2D eigenvalue weighted by Gasteiger charge is 2.66. The van der Waals surface area contributed by atoms with Gasteiger partial charge in [0.1, 0.15) is 11.2 Å². The molecule has 5 rings (SSSR count). The van der Waals surface area contributed by atoms with Gasteiger partial charge in [-0.05, 0) is 54.0 Å². The SMILES string of the molecule is CC(C)(C)C[C@H]1N[C@@H](C(=O)N[C@H]2C[C@@H](NS(C)(=O)=O)C2)[C@H](c2cccc(Cl)c2F)[C@@]12C(=O)Nc1cc(Cl)ccc12. The Labute approximate surface area is 243 Å². The lowest BCUT2D eigenvalue weighted by atomic mass is 9.62. The molecular formula is C28H33Cl2FN4O4S. The highest BCUT2D eigenvalue weighted by molar-refractivity contribution is 7.88. The van der Waals surface area contributed by atoms with Crippen molar-refractivity contribution in [3.05, 3.63) is 63.4 Å². The predicted octanol–water partition coefficient (Wildman–Crippen LogP) is 4.08. The zero-order valence-electron chi connectivity index (χ0n) is 22.6. The zero-order chi connectivity index (χ0) is 29.2. The molecule has 2 fully saturated rings. The van der Waals surface area contributed by atoms with Crippen molar-refractivity contribution in [3.63, 3.8) is 0 Å². The van der Waals surface area contributed by atoms with E-state index < -0.39 is 45.2 Å². The minimum atomic E-state index is -3.37. The quantitative estimate of drug-likeness (QED) is 0.393. The van der Waals surface area contributed by atoms with Crippen molar-refractivity contribution in [1.29, 1.82) is 0 Å². The third-order valence-electron chi connectivity index (χ3n) is 8.09. The maximum atomic E-state index is 15.8.